The molecule has 1 aromatic heterocycles. The van der Waals surface area contributed by atoms with E-state index in [0.717, 1.165) is 5.56 Å². The molecule has 0 unspecified atom stereocenters. The maximum absolute atomic E-state index is 12.4. The van der Waals surface area contributed by atoms with Crippen LogP contribution in [0.2, 0.25) is 0 Å². The van der Waals surface area contributed by atoms with Crippen LogP contribution in [0.25, 0.3) is 11.4 Å². The number of hydrogen-bond donors (Lipinski definition) is 0. The van der Waals surface area contributed by atoms with Gasteiger partial charge in [0.1, 0.15) is 12.3 Å². The minimum atomic E-state index is -3.22. The summed E-state index contributed by atoms with van der Waals surface area (Å²) in [5.41, 5.74) is 0.741. The monoisotopic (exact) mass is 380 g/mol. The van der Waals surface area contributed by atoms with Crippen LogP contribution in [0.5, 0.6) is 5.75 Å². The predicted molar refractivity (Wildman–Crippen MR) is 92.8 cm³/mol. The van der Waals surface area contributed by atoms with Crippen LogP contribution in [0, 0.1) is 0 Å². The highest BCUT2D eigenvalue weighted by molar-refractivity contribution is 7.88. The van der Waals surface area contributed by atoms with Gasteiger partial charge in [-0.25, -0.2) is 8.42 Å². The molecule has 0 spiro atoms. The fourth-order valence-corrected chi connectivity index (χ4v) is 3.50. The number of benzene rings is 1. The first kappa shape index (κ1) is 18.3. The molecule has 140 valence electrons. The van der Waals surface area contributed by atoms with Crippen LogP contribution in [0.1, 0.15) is 0 Å². The van der Waals surface area contributed by atoms with E-state index in [1.165, 1.54) is 15.4 Å². The Morgan fingerprint density at radius 2 is 1.96 bits per heavy atom. The van der Waals surface area contributed by atoms with Gasteiger partial charge in [0.15, 0.2) is 0 Å². The topological polar surface area (TPSA) is 111 Å². The lowest BCUT2D eigenvalue weighted by Crippen LogP contribution is -2.51. The zero-order valence-corrected chi connectivity index (χ0v) is 15.4. The van der Waals surface area contributed by atoms with Crippen LogP contribution in [-0.4, -0.2) is 83.3 Å². The van der Waals surface area contributed by atoms with E-state index in [1.807, 2.05) is 18.2 Å². The van der Waals surface area contributed by atoms with Crippen molar-refractivity contribution in [2.45, 2.75) is 6.54 Å². The normalized spacial score (nSPS) is 15.8. The van der Waals surface area contributed by atoms with Crippen molar-refractivity contribution >= 4 is 15.9 Å². The zero-order valence-electron chi connectivity index (χ0n) is 14.6. The number of aromatic nitrogens is 4. The van der Waals surface area contributed by atoms with Crippen LogP contribution < -0.4 is 4.74 Å². The number of ether oxygens (including phenoxy) is 1. The number of piperazine rings is 1. The fourth-order valence-electron chi connectivity index (χ4n) is 2.68. The van der Waals surface area contributed by atoms with Crippen LogP contribution in [0.3, 0.4) is 0 Å². The third-order valence-electron chi connectivity index (χ3n) is 4.12. The molecule has 11 heteroatoms. The van der Waals surface area contributed by atoms with Gasteiger partial charge in [-0.2, -0.15) is 9.10 Å². The largest absolute Gasteiger partial charge is 0.497 e. The second-order valence-electron chi connectivity index (χ2n) is 5.92. The van der Waals surface area contributed by atoms with E-state index in [0.29, 0.717) is 37.8 Å². The smallest absolute Gasteiger partial charge is 0.246 e. The lowest BCUT2D eigenvalue weighted by Gasteiger charge is -2.33. The Balaban J connectivity index is 1.61. The molecule has 10 nitrogen and oxygen atoms in total. The van der Waals surface area contributed by atoms with Crippen molar-refractivity contribution in [1.29, 1.82) is 0 Å². The molecule has 0 atom stereocenters. The van der Waals surface area contributed by atoms with Crippen molar-refractivity contribution in [2.24, 2.45) is 0 Å². The molecule has 1 saturated heterocycles. The molecule has 1 amide bonds. The minimum absolute atomic E-state index is 0.0458. The number of rotatable bonds is 5. The summed E-state index contributed by atoms with van der Waals surface area (Å²) in [5.74, 6) is 0.907. The third kappa shape index (κ3) is 4.17. The Labute approximate surface area is 151 Å². The summed E-state index contributed by atoms with van der Waals surface area (Å²) in [6.07, 6.45) is 1.17. The van der Waals surface area contributed by atoms with Gasteiger partial charge in [-0.05, 0) is 17.3 Å². The van der Waals surface area contributed by atoms with E-state index in [2.05, 4.69) is 15.4 Å². The molecule has 2 aromatic rings. The van der Waals surface area contributed by atoms with E-state index >= 15 is 0 Å². The first-order valence-electron chi connectivity index (χ1n) is 8.02. The number of carbonyl (C=O) groups is 1. The fraction of sp³-hybridized carbons (Fsp3) is 0.467. The number of carbonyl (C=O) groups excluding carboxylic acids is 1. The molecule has 0 N–H and O–H groups in total. The lowest BCUT2D eigenvalue weighted by molar-refractivity contribution is -0.133. The molecule has 0 aliphatic carbocycles. The predicted octanol–water partition coefficient (Wildman–Crippen LogP) is -0.547. The van der Waals surface area contributed by atoms with E-state index in [9.17, 15) is 13.2 Å². The standard InChI is InChI=1S/C15H20N6O4S/c1-25-13-5-3-4-12(10-13)15-16-18-21(17-15)11-14(22)19-6-8-20(9-7-19)26(2,23)24/h3-5,10H,6-9,11H2,1-2H3. The molecule has 1 aliphatic rings. The number of tetrazole rings is 1. The Bertz CT molecular complexity index is 889. The van der Waals surface area contributed by atoms with E-state index in [1.54, 1.807) is 18.1 Å². The van der Waals surface area contributed by atoms with Crippen LogP contribution in [0.4, 0.5) is 0 Å². The molecule has 2 heterocycles. The number of amides is 1. The second kappa shape index (κ2) is 7.38. The molecule has 0 bridgehead atoms. The molecule has 26 heavy (non-hydrogen) atoms. The first-order chi connectivity index (χ1) is 12.4. The lowest BCUT2D eigenvalue weighted by atomic mass is 10.2. The first-order valence-corrected chi connectivity index (χ1v) is 9.87. The van der Waals surface area contributed by atoms with Gasteiger partial charge in [-0.15, -0.1) is 10.2 Å². The van der Waals surface area contributed by atoms with E-state index in [4.69, 9.17) is 4.74 Å². The number of sulfonamides is 1. The van der Waals surface area contributed by atoms with Gasteiger partial charge in [0.25, 0.3) is 0 Å². The average molecular weight is 380 g/mol. The molecule has 1 aliphatic heterocycles. The van der Waals surface area contributed by atoms with Crippen molar-refractivity contribution in [3.63, 3.8) is 0 Å². The van der Waals surface area contributed by atoms with Gasteiger partial charge < -0.3 is 9.64 Å². The maximum atomic E-state index is 12.4. The van der Waals surface area contributed by atoms with Crippen molar-refractivity contribution in [1.82, 2.24) is 29.4 Å². The van der Waals surface area contributed by atoms with Crippen LogP contribution in [-0.2, 0) is 21.4 Å². The summed E-state index contributed by atoms with van der Waals surface area (Å²) >= 11 is 0. The molecule has 0 saturated carbocycles. The van der Waals surface area contributed by atoms with Crippen molar-refractivity contribution in [3.8, 4) is 17.1 Å². The van der Waals surface area contributed by atoms with Crippen LogP contribution >= 0.6 is 0 Å². The summed E-state index contributed by atoms with van der Waals surface area (Å²) in [7, 11) is -1.65. The molecule has 1 fully saturated rings. The maximum Gasteiger partial charge on any atom is 0.246 e. The average Bonchev–Trinajstić information content (AvgIpc) is 3.09. The molecule has 1 aromatic carbocycles. The summed E-state index contributed by atoms with van der Waals surface area (Å²) in [5, 5.41) is 12.1. The second-order valence-corrected chi connectivity index (χ2v) is 7.90. The highest BCUT2D eigenvalue weighted by Gasteiger charge is 2.26. The SMILES string of the molecule is COc1cccc(-c2nnn(CC(=O)N3CCN(S(C)(=O)=O)CC3)n2)c1. The minimum Gasteiger partial charge on any atom is -0.497 e. The van der Waals surface area contributed by atoms with Gasteiger partial charge in [0.05, 0.1) is 13.4 Å². The van der Waals surface area contributed by atoms with Crippen LogP contribution in [0.15, 0.2) is 24.3 Å². The third-order valence-corrected chi connectivity index (χ3v) is 5.42. The zero-order chi connectivity index (χ0) is 18.7. The van der Waals surface area contributed by atoms with Gasteiger partial charge in [-0.1, -0.05) is 12.1 Å². The van der Waals surface area contributed by atoms with Gasteiger partial charge >= 0.3 is 0 Å². The quantitative estimate of drug-likeness (QED) is 0.684. The number of hydrogen-bond acceptors (Lipinski definition) is 7. The summed E-state index contributed by atoms with van der Waals surface area (Å²) in [6, 6.07) is 7.25. The highest BCUT2D eigenvalue weighted by Crippen LogP contribution is 2.19. The molecule has 3 rings (SSSR count). The van der Waals surface area contributed by atoms with Gasteiger partial charge in [-0.3, -0.25) is 4.79 Å². The molecular formula is C15H20N6O4S. The summed E-state index contributed by atoms with van der Waals surface area (Å²) in [6.45, 7) is 1.25. The Kier molecular flexibility index (Phi) is 5.18. The Hall–Kier alpha value is -2.53. The van der Waals surface area contributed by atoms with Crippen molar-refractivity contribution in [2.75, 3.05) is 39.5 Å². The van der Waals surface area contributed by atoms with Crippen molar-refractivity contribution in [3.05, 3.63) is 24.3 Å². The molecular weight excluding hydrogens is 360 g/mol. The Morgan fingerprint density at radius 3 is 2.62 bits per heavy atom. The van der Waals surface area contributed by atoms with Gasteiger partial charge in [0, 0.05) is 31.7 Å². The number of nitrogens with zero attached hydrogens (tertiary/aromatic N) is 6. The summed E-state index contributed by atoms with van der Waals surface area (Å²) in [4.78, 5) is 15.2. The van der Waals surface area contributed by atoms with Gasteiger partial charge in [0.2, 0.25) is 21.8 Å². The van der Waals surface area contributed by atoms with Crippen molar-refractivity contribution < 1.29 is 17.9 Å². The molecule has 0 radical (unpaired) electrons. The Morgan fingerprint density at radius 1 is 1.23 bits per heavy atom. The highest BCUT2D eigenvalue weighted by atomic mass is 32.2. The summed E-state index contributed by atoms with van der Waals surface area (Å²) < 4.78 is 29.6. The van der Waals surface area contributed by atoms with E-state index in [-0.39, 0.29) is 12.5 Å². The number of methoxy groups -OCH3 is 1. The van der Waals surface area contributed by atoms with E-state index < -0.39 is 10.0 Å².